The molecular formula is C20H36N2. The number of nitrogens with one attached hydrogen (secondary N) is 1. The van der Waals surface area contributed by atoms with E-state index in [4.69, 9.17) is 5.73 Å². The van der Waals surface area contributed by atoms with Crippen LogP contribution in [0.4, 0.5) is 0 Å². The summed E-state index contributed by atoms with van der Waals surface area (Å²) in [6.45, 7) is 19.7. The van der Waals surface area contributed by atoms with Crippen LogP contribution >= 0.6 is 0 Å². The van der Waals surface area contributed by atoms with Crippen molar-refractivity contribution in [2.45, 2.75) is 66.3 Å². The van der Waals surface area contributed by atoms with E-state index in [2.05, 4.69) is 59.2 Å². The summed E-state index contributed by atoms with van der Waals surface area (Å²) in [6.07, 6.45) is 10.2. The Morgan fingerprint density at radius 1 is 1.32 bits per heavy atom. The zero-order valence-electron chi connectivity index (χ0n) is 15.3. The molecule has 0 rings (SSSR count). The molecule has 0 aromatic heterocycles. The molecule has 0 aliphatic carbocycles. The van der Waals surface area contributed by atoms with E-state index in [0.717, 1.165) is 37.9 Å². The van der Waals surface area contributed by atoms with Gasteiger partial charge in [0.25, 0.3) is 0 Å². The van der Waals surface area contributed by atoms with E-state index in [1.165, 1.54) is 11.1 Å². The predicted octanol–water partition coefficient (Wildman–Crippen LogP) is 5.10. The van der Waals surface area contributed by atoms with Crippen molar-refractivity contribution in [1.82, 2.24) is 5.32 Å². The van der Waals surface area contributed by atoms with Crippen LogP contribution in [-0.2, 0) is 0 Å². The van der Waals surface area contributed by atoms with Crippen LogP contribution in [0.15, 0.2) is 48.2 Å². The molecule has 0 aromatic carbocycles. The summed E-state index contributed by atoms with van der Waals surface area (Å²) < 4.78 is 0. The third kappa shape index (κ3) is 6.65. The normalized spacial score (nSPS) is 15.2. The molecule has 0 spiro atoms. The molecule has 0 amide bonds. The lowest BCUT2D eigenvalue weighted by Gasteiger charge is -2.37. The van der Waals surface area contributed by atoms with Gasteiger partial charge in [-0.15, -0.1) is 0 Å². The lowest BCUT2D eigenvalue weighted by molar-refractivity contribution is 0.253. The molecule has 2 heteroatoms. The molecule has 0 saturated carbocycles. The van der Waals surface area contributed by atoms with Crippen LogP contribution in [-0.4, -0.2) is 12.6 Å². The zero-order chi connectivity index (χ0) is 17.2. The van der Waals surface area contributed by atoms with E-state index in [1.54, 1.807) is 6.08 Å². The second-order valence-electron chi connectivity index (χ2n) is 6.52. The first kappa shape index (κ1) is 20.7. The third-order valence-corrected chi connectivity index (χ3v) is 4.33. The first-order chi connectivity index (χ1) is 10.3. The molecule has 3 N–H and O–H groups in total. The highest BCUT2D eigenvalue weighted by atomic mass is 14.9. The van der Waals surface area contributed by atoms with Crippen LogP contribution in [0.1, 0.15) is 60.3 Å². The van der Waals surface area contributed by atoms with Gasteiger partial charge in [0.05, 0.1) is 0 Å². The average Bonchev–Trinajstić information content (AvgIpc) is 2.45. The van der Waals surface area contributed by atoms with Crippen LogP contribution in [0, 0.1) is 5.41 Å². The first-order valence-electron chi connectivity index (χ1n) is 8.47. The van der Waals surface area contributed by atoms with E-state index >= 15 is 0 Å². The van der Waals surface area contributed by atoms with E-state index < -0.39 is 0 Å². The lowest BCUT2D eigenvalue weighted by atomic mass is 9.73. The monoisotopic (exact) mass is 304 g/mol. The molecule has 0 bridgehead atoms. The van der Waals surface area contributed by atoms with Crippen LogP contribution in [0.5, 0.6) is 0 Å². The Kier molecular flexibility index (Phi) is 9.84. The fourth-order valence-electron chi connectivity index (χ4n) is 2.98. The second kappa shape index (κ2) is 10.4. The van der Waals surface area contributed by atoms with Gasteiger partial charge >= 0.3 is 0 Å². The largest absolute Gasteiger partial charge is 0.384 e. The summed E-state index contributed by atoms with van der Waals surface area (Å²) in [5.74, 6) is 0. The topological polar surface area (TPSA) is 38.0 Å². The van der Waals surface area contributed by atoms with Crippen LogP contribution < -0.4 is 11.1 Å². The Morgan fingerprint density at radius 3 is 2.36 bits per heavy atom. The smallest absolute Gasteiger partial charge is 0.0397 e. The zero-order valence-corrected chi connectivity index (χ0v) is 15.3. The maximum Gasteiger partial charge on any atom is 0.0397 e. The molecule has 126 valence electrons. The van der Waals surface area contributed by atoms with Crippen molar-refractivity contribution >= 4 is 0 Å². The van der Waals surface area contributed by atoms with Crippen LogP contribution in [0.2, 0.25) is 0 Å². The summed E-state index contributed by atoms with van der Waals surface area (Å²) in [5.41, 5.74) is 9.90. The maximum atomic E-state index is 6.09. The Labute approximate surface area is 138 Å². The molecule has 0 aliphatic heterocycles. The molecule has 0 radical (unpaired) electrons. The average molecular weight is 305 g/mol. The Morgan fingerprint density at radius 2 is 1.95 bits per heavy atom. The molecule has 22 heavy (non-hydrogen) atoms. The minimum absolute atomic E-state index is 0.0951. The Hall–Kier alpha value is -1.28. The first-order valence-corrected chi connectivity index (χ1v) is 8.47. The van der Waals surface area contributed by atoms with Crippen molar-refractivity contribution in [3.8, 4) is 0 Å². The van der Waals surface area contributed by atoms with Gasteiger partial charge in [-0.2, -0.15) is 0 Å². The number of rotatable bonds is 11. The van der Waals surface area contributed by atoms with Crippen molar-refractivity contribution in [2.24, 2.45) is 11.1 Å². The minimum Gasteiger partial charge on any atom is -0.384 e. The van der Waals surface area contributed by atoms with Gasteiger partial charge in [0.15, 0.2) is 0 Å². The van der Waals surface area contributed by atoms with Crippen molar-refractivity contribution < 1.29 is 0 Å². The number of hydrogen-bond acceptors (Lipinski definition) is 2. The second-order valence-corrected chi connectivity index (χ2v) is 6.52. The molecule has 0 fully saturated rings. The predicted molar refractivity (Wildman–Crippen MR) is 101 cm³/mol. The molecule has 2 atom stereocenters. The summed E-state index contributed by atoms with van der Waals surface area (Å²) in [6, 6.07) is 0.189. The molecule has 0 aromatic rings. The molecule has 0 heterocycles. The van der Waals surface area contributed by atoms with Gasteiger partial charge in [0, 0.05) is 23.7 Å². The van der Waals surface area contributed by atoms with Crippen molar-refractivity contribution in [3.05, 3.63) is 48.2 Å². The van der Waals surface area contributed by atoms with Gasteiger partial charge in [-0.25, -0.2) is 0 Å². The third-order valence-electron chi connectivity index (χ3n) is 4.33. The quantitative estimate of drug-likeness (QED) is 0.521. The van der Waals surface area contributed by atoms with Gasteiger partial charge in [-0.05, 0) is 45.6 Å². The fraction of sp³-hybridized carbons (Fsp3) is 0.600. The van der Waals surface area contributed by atoms with E-state index in [1.807, 2.05) is 6.08 Å². The van der Waals surface area contributed by atoms with Gasteiger partial charge in [0.1, 0.15) is 0 Å². The lowest BCUT2D eigenvalue weighted by Crippen LogP contribution is -2.36. The van der Waals surface area contributed by atoms with E-state index in [-0.39, 0.29) is 11.5 Å². The summed E-state index contributed by atoms with van der Waals surface area (Å²) in [7, 11) is 0. The number of allylic oxidation sites excluding steroid dienone is 4. The molecule has 0 saturated heterocycles. The fourth-order valence-corrected chi connectivity index (χ4v) is 2.98. The van der Waals surface area contributed by atoms with Crippen molar-refractivity contribution in [1.29, 1.82) is 0 Å². The highest BCUT2D eigenvalue weighted by Crippen LogP contribution is 2.38. The highest BCUT2D eigenvalue weighted by Gasteiger charge is 2.31. The highest BCUT2D eigenvalue weighted by molar-refractivity contribution is 5.28. The van der Waals surface area contributed by atoms with Gasteiger partial charge in [0.2, 0.25) is 0 Å². The van der Waals surface area contributed by atoms with Crippen LogP contribution in [0.3, 0.4) is 0 Å². The standard InChI is InChI=1S/C20H36N2/c1-8-11-12-19(16(4)5)15-22-18(7)20(10-3,13-9-2)14-17(6)21/h8,11-12,17,22H,1,7,9-10,13-15,21H2,2-6H3/b12-11-. The van der Waals surface area contributed by atoms with E-state index in [9.17, 15) is 0 Å². The Bertz CT molecular complexity index is 411. The van der Waals surface area contributed by atoms with Crippen LogP contribution in [0.25, 0.3) is 0 Å². The van der Waals surface area contributed by atoms with E-state index in [0.29, 0.717) is 0 Å². The molecule has 0 aliphatic rings. The van der Waals surface area contributed by atoms with Gasteiger partial charge in [-0.1, -0.05) is 57.2 Å². The number of nitrogens with two attached hydrogens (primary N) is 1. The summed E-state index contributed by atoms with van der Waals surface area (Å²) in [4.78, 5) is 0. The SMILES string of the molecule is C=C/C=C\C(CNC(=C)C(CC)(CCC)CC(C)N)=C(C)C. The summed E-state index contributed by atoms with van der Waals surface area (Å²) >= 11 is 0. The minimum atomic E-state index is 0.0951. The van der Waals surface area contributed by atoms with Gasteiger partial charge in [-0.3, -0.25) is 0 Å². The van der Waals surface area contributed by atoms with Crippen molar-refractivity contribution in [3.63, 3.8) is 0 Å². The Balaban J connectivity index is 5.06. The molecular weight excluding hydrogens is 268 g/mol. The number of hydrogen-bond donors (Lipinski definition) is 2. The maximum absolute atomic E-state index is 6.09. The molecule has 2 unspecified atom stereocenters. The summed E-state index contributed by atoms with van der Waals surface area (Å²) in [5, 5.41) is 3.56. The van der Waals surface area contributed by atoms with Crippen molar-refractivity contribution in [2.75, 3.05) is 6.54 Å². The molecule has 2 nitrogen and oxygen atoms in total. The van der Waals surface area contributed by atoms with Gasteiger partial charge < -0.3 is 11.1 Å².